The molecule has 0 fully saturated rings. The summed E-state index contributed by atoms with van der Waals surface area (Å²) in [5.74, 6) is -0.419. The van der Waals surface area contributed by atoms with Crippen LogP contribution in [0.25, 0.3) is 10.9 Å². The molecule has 110 valence electrons. The molecule has 20 heavy (non-hydrogen) atoms. The number of halogens is 2. The molecule has 2 rings (SSSR count). The van der Waals surface area contributed by atoms with Crippen LogP contribution >= 0.6 is 22.6 Å². The summed E-state index contributed by atoms with van der Waals surface area (Å²) >= 11 is 2.12. The number of rotatable bonds is 5. The minimum atomic E-state index is -1.09. The molecule has 0 aliphatic carbocycles. The van der Waals surface area contributed by atoms with Crippen LogP contribution in [0, 0.1) is 9.52 Å². The van der Waals surface area contributed by atoms with E-state index < -0.39 is 13.9 Å². The topological polar surface area (TPSA) is 53.1 Å². The van der Waals surface area contributed by atoms with E-state index in [1.165, 1.54) is 6.07 Å². The lowest BCUT2D eigenvalue weighted by molar-refractivity contribution is 0.0814. The number of hydrogen-bond donors (Lipinski definition) is 1. The van der Waals surface area contributed by atoms with Gasteiger partial charge in [-0.05, 0) is 34.7 Å². The zero-order chi connectivity index (χ0) is 14.9. The van der Waals surface area contributed by atoms with Crippen LogP contribution in [-0.2, 0) is 11.5 Å². The van der Waals surface area contributed by atoms with Crippen molar-refractivity contribution in [2.24, 2.45) is 0 Å². The summed E-state index contributed by atoms with van der Waals surface area (Å²) in [6, 6.07) is 4.14. The van der Waals surface area contributed by atoms with Gasteiger partial charge in [-0.25, -0.2) is 9.07 Å². The van der Waals surface area contributed by atoms with Gasteiger partial charge in [-0.1, -0.05) is 19.6 Å². The Hall–Kier alpha value is -0.673. The third-order valence-electron chi connectivity index (χ3n) is 3.03. The molecule has 7 heteroatoms. The lowest BCUT2D eigenvalue weighted by Crippen LogP contribution is -2.22. The molecular weight excluding hydrogens is 388 g/mol. The molecule has 0 bridgehead atoms. The predicted molar refractivity (Wildman–Crippen MR) is 90.9 cm³/mol. The van der Waals surface area contributed by atoms with Gasteiger partial charge in [0, 0.05) is 26.1 Å². The second-order valence-electron chi connectivity index (χ2n) is 6.03. The van der Waals surface area contributed by atoms with Crippen molar-refractivity contribution in [2.45, 2.75) is 32.4 Å². The molecule has 0 amide bonds. The highest BCUT2D eigenvalue weighted by molar-refractivity contribution is 14.1. The van der Waals surface area contributed by atoms with Gasteiger partial charge in [-0.2, -0.15) is 5.10 Å². The molecule has 0 aliphatic heterocycles. The first-order valence-corrected chi connectivity index (χ1v) is 11.3. The Labute approximate surface area is 132 Å². The second-order valence-corrected chi connectivity index (χ2v) is 12.7. The van der Waals surface area contributed by atoms with Crippen LogP contribution in [0.3, 0.4) is 0 Å². The first kappa shape index (κ1) is 15.7. The average molecular weight is 407 g/mol. The highest BCUT2D eigenvalue weighted by atomic mass is 127. The van der Waals surface area contributed by atoms with Crippen molar-refractivity contribution in [3.05, 3.63) is 21.7 Å². The zero-order valence-electron chi connectivity index (χ0n) is 11.9. The predicted octanol–water partition coefficient (Wildman–Crippen LogP) is 3.67. The summed E-state index contributed by atoms with van der Waals surface area (Å²) in [5, 5.41) is 5.23. The third-order valence-corrected chi connectivity index (χ3v) is 5.53. The van der Waals surface area contributed by atoms with Gasteiger partial charge in [0.2, 0.25) is 0 Å². The average Bonchev–Trinajstić information content (AvgIpc) is 2.62. The third kappa shape index (κ3) is 3.70. The first-order valence-electron chi connectivity index (χ1n) is 6.47. The summed E-state index contributed by atoms with van der Waals surface area (Å²) in [6.45, 7) is 7.97. The molecule has 1 aromatic heterocycles. The number of nitrogens with two attached hydrogens (primary N) is 1. The summed E-state index contributed by atoms with van der Waals surface area (Å²) in [5.41, 5.74) is 6.46. The van der Waals surface area contributed by atoms with Crippen LogP contribution < -0.4 is 5.73 Å². The van der Waals surface area contributed by atoms with E-state index in [1.807, 2.05) is 0 Å². The maximum Gasteiger partial charge on any atom is 0.148 e. The Balaban J connectivity index is 2.13. The van der Waals surface area contributed by atoms with Gasteiger partial charge < -0.3 is 10.5 Å². The van der Waals surface area contributed by atoms with E-state index in [4.69, 9.17) is 10.5 Å². The second kappa shape index (κ2) is 5.98. The molecule has 0 atom stereocenters. The number of ether oxygens (including phenoxy) is 1. The van der Waals surface area contributed by atoms with Crippen molar-refractivity contribution in [2.75, 3.05) is 12.3 Å². The summed E-state index contributed by atoms with van der Waals surface area (Å²) in [6.07, 6.45) is 0. The van der Waals surface area contributed by atoms with Gasteiger partial charge in [-0.15, -0.1) is 0 Å². The van der Waals surface area contributed by atoms with Gasteiger partial charge in [0.1, 0.15) is 16.2 Å². The van der Waals surface area contributed by atoms with Crippen LogP contribution in [0.4, 0.5) is 10.1 Å². The molecular formula is C13H19FIN3OSi. The van der Waals surface area contributed by atoms with E-state index in [-0.39, 0.29) is 5.69 Å². The van der Waals surface area contributed by atoms with Crippen molar-refractivity contribution < 1.29 is 9.13 Å². The van der Waals surface area contributed by atoms with E-state index in [0.29, 0.717) is 18.9 Å². The molecule has 2 aromatic rings. The van der Waals surface area contributed by atoms with Gasteiger partial charge >= 0.3 is 0 Å². The molecule has 2 N–H and O–H groups in total. The quantitative estimate of drug-likeness (QED) is 0.356. The first-order chi connectivity index (χ1) is 9.28. The fourth-order valence-electron chi connectivity index (χ4n) is 1.80. The van der Waals surface area contributed by atoms with E-state index in [2.05, 4.69) is 47.3 Å². The van der Waals surface area contributed by atoms with Crippen molar-refractivity contribution in [3.63, 3.8) is 0 Å². The fourth-order valence-corrected chi connectivity index (χ4v) is 3.25. The standard InChI is InChI=1S/C13H19FIN3OSi/c1-20(2,3)5-4-19-8-18-12-7-10(14)11(16)6-9(12)13(15)17-18/h6-7H,4-5,8,16H2,1-3H3. The minimum Gasteiger partial charge on any atom is -0.396 e. The maximum atomic E-state index is 13.6. The molecule has 0 unspecified atom stereocenters. The molecule has 0 radical (unpaired) electrons. The van der Waals surface area contributed by atoms with Gasteiger partial charge in [0.25, 0.3) is 0 Å². The molecule has 1 aromatic carbocycles. The SMILES string of the molecule is C[Si](C)(C)CCOCn1nc(I)c2cc(N)c(F)cc21. The highest BCUT2D eigenvalue weighted by Gasteiger charge is 2.14. The van der Waals surface area contributed by atoms with Crippen molar-refractivity contribution in [3.8, 4) is 0 Å². The molecule has 0 saturated heterocycles. The summed E-state index contributed by atoms with van der Waals surface area (Å²) in [7, 11) is -1.09. The van der Waals surface area contributed by atoms with Crippen molar-refractivity contribution >= 4 is 47.3 Å². The Bertz CT molecular complexity index is 624. The lowest BCUT2D eigenvalue weighted by Gasteiger charge is -2.15. The van der Waals surface area contributed by atoms with Gasteiger partial charge in [0.05, 0.1) is 11.2 Å². The van der Waals surface area contributed by atoms with Crippen LogP contribution in [-0.4, -0.2) is 24.5 Å². The number of nitrogen functional groups attached to an aromatic ring is 1. The molecule has 4 nitrogen and oxygen atoms in total. The zero-order valence-corrected chi connectivity index (χ0v) is 15.1. The monoisotopic (exact) mass is 407 g/mol. The molecule has 0 aliphatic rings. The summed E-state index contributed by atoms with van der Waals surface area (Å²) in [4.78, 5) is 0. The molecule has 0 spiro atoms. The van der Waals surface area contributed by atoms with Crippen LogP contribution in [0.2, 0.25) is 25.7 Å². The number of hydrogen-bond acceptors (Lipinski definition) is 3. The summed E-state index contributed by atoms with van der Waals surface area (Å²) < 4.78 is 21.7. The lowest BCUT2D eigenvalue weighted by atomic mass is 10.2. The smallest absolute Gasteiger partial charge is 0.148 e. The highest BCUT2D eigenvalue weighted by Crippen LogP contribution is 2.25. The van der Waals surface area contributed by atoms with Crippen LogP contribution in [0.15, 0.2) is 12.1 Å². The number of anilines is 1. The number of nitrogens with zero attached hydrogens (tertiary/aromatic N) is 2. The van der Waals surface area contributed by atoms with Crippen molar-refractivity contribution in [1.82, 2.24) is 9.78 Å². The van der Waals surface area contributed by atoms with Crippen LogP contribution in [0.1, 0.15) is 0 Å². The van der Waals surface area contributed by atoms with Gasteiger partial charge in [0.15, 0.2) is 0 Å². The Morgan fingerprint density at radius 3 is 2.75 bits per heavy atom. The van der Waals surface area contributed by atoms with E-state index in [1.54, 1.807) is 10.7 Å². The Morgan fingerprint density at radius 2 is 2.10 bits per heavy atom. The number of fused-ring (bicyclic) bond motifs is 1. The van der Waals surface area contributed by atoms with Gasteiger partial charge in [-0.3, -0.25) is 0 Å². The molecule has 0 saturated carbocycles. The van der Waals surface area contributed by atoms with E-state index in [0.717, 1.165) is 15.1 Å². The van der Waals surface area contributed by atoms with E-state index >= 15 is 0 Å². The normalized spacial score (nSPS) is 12.2. The number of aromatic nitrogens is 2. The van der Waals surface area contributed by atoms with E-state index in [9.17, 15) is 4.39 Å². The number of benzene rings is 1. The maximum absolute atomic E-state index is 13.6. The Morgan fingerprint density at radius 1 is 1.40 bits per heavy atom. The Kier molecular flexibility index (Phi) is 4.70. The molecule has 1 heterocycles. The van der Waals surface area contributed by atoms with Crippen LogP contribution in [0.5, 0.6) is 0 Å². The van der Waals surface area contributed by atoms with Crippen molar-refractivity contribution in [1.29, 1.82) is 0 Å². The fraction of sp³-hybridized carbons (Fsp3) is 0.462. The largest absolute Gasteiger partial charge is 0.396 e. The minimum absolute atomic E-state index is 0.148.